The molecule has 1 N–H and O–H groups in total. The highest BCUT2D eigenvalue weighted by Crippen LogP contribution is 2.28. The molecule has 1 amide bonds. The van der Waals surface area contributed by atoms with Crippen molar-refractivity contribution in [3.63, 3.8) is 0 Å². The molecule has 2 aromatic heterocycles. The van der Waals surface area contributed by atoms with Crippen molar-refractivity contribution < 1.29 is 9.53 Å². The minimum atomic E-state index is -0.343. The molecular weight excluding hydrogens is 428 g/mol. The molecule has 7 heteroatoms. The summed E-state index contributed by atoms with van der Waals surface area (Å²) in [7, 11) is 3.41. The lowest BCUT2D eigenvalue weighted by Gasteiger charge is -2.11. The van der Waals surface area contributed by atoms with Gasteiger partial charge in [-0.05, 0) is 42.8 Å². The van der Waals surface area contributed by atoms with Crippen LogP contribution in [0.15, 0.2) is 77.6 Å². The lowest BCUT2D eigenvalue weighted by molar-refractivity contribution is 0.0946. The number of methoxy groups -OCH3 is 1. The number of fused-ring (bicyclic) bond motifs is 3. The number of nitrogens with one attached hydrogen (secondary N) is 1. The minimum absolute atomic E-state index is 0.203. The van der Waals surface area contributed by atoms with Gasteiger partial charge in [0.05, 0.1) is 12.8 Å². The molecule has 0 aliphatic rings. The van der Waals surface area contributed by atoms with Crippen LogP contribution in [0.4, 0.5) is 0 Å². The van der Waals surface area contributed by atoms with Gasteiger partial charge in [-0.2, -0.15) is 9.78 Å². The van der Waals surface area contributed by atoms with Gasteiger partial charge in [0, 0.05) is 29.9 Å². The number of ether oxygens (including phenoxy) is 1. The second-order valence-electron chi connectivity index (χ2n) is 8.23. The standard InChI is InChI=1S/C27H24N4O3/c1-17-8-10-18(11-9-17)16-28-26(32)24-23-21-6-4-5-7-22(21)30(2)25(23)27(33)31(29-24)19-12-14-20(34-3)15-13-19/h4-15H,16H2,1-3H3,(H,28,32). The van der Waals surface area contributed by atoms with Gasteiger partial charge in [-0.1, -0.05) is 48.0 Å². The van der Waals surface area contributed by atoms with Crippen molar-refractivity contribution in [2.24, 2.45) is 7.05 Å². The molecule has 0 unspecified atom stereocenters. The summed E-state index contributed by atoms with van der Waals surface area (Å²) in [6, 6.07) is 22.6. The van der Waals surface area contributed by atoms with Crippen molar-refractivity contribution in [1.82, 2.24) is 19.7 Å². The molecule has 0 radical (unpaired) electrons. The Bertz CT molecular complexity index is 1580. The summed E-state index contributed by atoms with van der Waals surface area (Å²) in [6.45, 7) is 2.38. The number of benzene rings is 3. The van der Waals surface area contributed by atoms with E-state index in [4.69, 9.17) is 4.74 Å². The van der Waals surface area contributed by atoms with Crippen LogP contribution in [-0.2, 0) is 13.6 Å². The van der Waals surface area contributed by atoms with Gasteiger partial charge in [-0.3, -0.25) is 9.59 Å². The summed E-state index contributed by atoms with van der Waals surface area (Å²) in [5, 5.41) is 8.89. The van der Waals surface area contributed by atoms with Crippen LogP contribution in [0.5, 0.6) is 5.75 Å². The van der Waals surface area contributed by atoms with Crippen molar-refractivity contribution in [3.8, 4) is 11.4 Å². The van der Waals surface area contributed by atoms with Crippen molar-refractivity contribution in [2.75, 3.05) is 7.11 Å². The van der Waals surface area contributed by atoms with Gasteiger partial charge in [0.25, 0.3) is 11.5 Å². The van der Waals surface area contributed by atoms with Crippen LogP contribution in [0.3, 0.4) is 0 Å². The third-order valence-corrected chi connectivity index (χ3v) is 6.04. The Morgan fingerprint density at radius 2 is 1.71 bits per heavy atom. The number of nitrogens with zero attached hydrogens (tertiary/aromatic N) is 3. The third-order valence-electron chi connectivity index (χ3n) is 6.04. The highest BCUT2D eigenvalue weighted by Gasteiger charge is 2.23. The second-order valence-corrected chi connectivity index (χ2v) is 8.23. The van der Waals surface area contributed by atoms with E-state index in [1.54, 1.807) is 31.4 Å². The first-order chi connectivity index (χ1) is 16.5. The molecule has 0 spiro atoms. The molecule has 7 nitrogen and oxygen atoms in total. The van der Waals surface area contributed by atoms with E-state index in [1.165, 1.54) is 4.68 Å². The Morgan fingerprint density at radius 3 is 2.41 bits per heavy atom. The van der Waals surface area contributed by atoms with E-state index in [1.807, 2.05) is 67.1 Å². The fourth-order valence-corrected chi connectivity index (χ4v) is 4.21. The molecular formula is C27H24N4O3. The van der Waals surface area contributed by atoms with Crippen molar-refractivity contribution >= 4 is 27.7 Å². The summed E-state index contributed by atoms with van der Waals surface area (Å²) >= 11 is 0. The summed E-state index contributed by atoms with van der Waals surface area (Å²) < 4.78 is 8.34. The van der Waals surface area contributed by atoms with E-state index in [2.05, 4.69) is 10.4 Å². The molecule has 3 aromatic carbocycles. The molecule has 0 saturated heterocycles. The van der Waals surface area contributed by atoms with Crippen LogP contribution < -0.4 is 15.6 Å². The van der Waals surface area contributed by atoms with Gasteiger partial charge >= 0.3 is 0 Å². The zero-order valence-electron chi connectivity index (χ0n) is 19.2. The topological polar surface area (TPSA) is 78.2 Å². The Labute approximate surface area is 196 Å². The van der Waals surface area contributed by atoms with Crippen molar-refractivity contribution in [1.29, 1.82) is 0 Å². The SMILES string of the molecule is COc1ccc(-n2nc(C(=O)NCc3ccc(C)cc3)c3c4ccccc4n(C)c3c2=O)cc1. The van der Waals surface area contributed by atoms with Crippen LogP contribution >= 0.6 is 0 Å². The number of aromatic nitrogens is 3. The summed E-state index contributed by atoms with van der Waals surface area (Å²) in [5.74, 6) is 0.322. The van der Waals surface area contributed by atoms with Crippen LogP contribution in [0.2, 0.25) is 0 Å². The maximum absolute atomic E-state index is 13.6. The number of hydrogen-bond acceptors (Lipinski definition) is 4. The molecule has 0 aliphatic heterocycles. The minimum Gasteiger partial charge on any atom is -0.497 e. The van der Waals surface area contributed by atoms with E-state index in [9.17, 15) is 9.59 Å². The highest BCUT2D eigenvalue weighted by atomic mass is 16.5. The predicted octanol–water partition coefficient (Wildman–Crippen LogP) is 4.12. The van der Waals surface area contributed by atoms with Gasteiger partial charge in [0.15, 0.2) is 5.69 Å². The summed E-state index contributed by atoms with van der Waals surface area (Å²) in [6.07, 6.45) is 0. The van der Waals surface area contributed by atoms with E-state index in [-0.39, 0.29) is 17.2 Å². The van der Waals surface area contributed by atoms with Crippen LogP contribution in [0.1, 0.15) is 21.6 Å². The van der Waals surface area contributed by atoms with Crippen molar-refractivity contribution in [2.45, 2.75) is 13.5 Å². The Kier molecular flexibility index (Phi) is 5.37. The normalized spacial score (nSPS) is 11.1. The number of amides is 1. The number of aryl methyl sites for hydroxylation is 2. The molecule has 170 valence electrons. The van der Waals surface area contributed by atoms with Crippen LogP contribution in [0.25, 0.3) is 27.5 Å². The molecule has 0 fully saturated rings. The largest absolute Gasteiger partial charge is 0.497 e. The molecule has 0 atom stereocenters. The predicted molar refractivity (Wildman–Crippen MR) is 133 cm³/mol. The van der Waals surface area contributed by atoms with Crippen LogP contribution in [0, 0.1) is 6.92 Å². The van der Waals surface area contributed by atoms with Gasteiger partial charge in [-0.25, -0.2) is 0 Å². The number of carbonyl (C=O) groups excluding carboxylic acids is 1. The molecule has 5 rings (SSSR count). The molecule has 34 heavy (non-hydrogen) atoms. The van der Waals surface area contributed by atoms with E-state index >= 15 is 0 Å². The Morgan fingerprint density at radius 1 is 1.00 bits per heavy atom. The van der Waals surface area contributed by atoms with Gasteiger partial charge in [-0.15, -0.1) is 0 Å². The molecule has 2 heterocycles. The Hall–Kier alpha value is -4.39. The second kappa shape index (κ2) is 8.51. The molecule has 0 aliphatic carbocycles. The van der Waals surface area contributed by atoms with Gasteiger partial charge in [0.2, 0.25) is 0 Å². The van der Waals surface area contributed by atoms with Gasteiger partial charge in [0.1, 0.15) is 11.3 Å². The van der Waals surface area contributed by atoms with E-state index < -0.39 is 0 Å². The maximum Gasteiger partial charge on any atom is 0.296 e. The zero-order chi connectivity index (χ0) is 23.8. The highest BCUT2D eigenvalue weighted by molar-refractivity contribution is 6.16. The molecule has 5 aromatic rings. The lowest BCUT2D eigenvalue weighted by atomic mass is 10.1. The molecule has 0 saturated carbocycles. The average Bonchev–Trinajstić information content (AvgIpc) is 3.17. The van der Waals surface area contributed by atoms with Crippen LogP contribution in [-0.4, -0.2) is 27.4 Å². The summed E-state index contributed by atoms with van der Waals surface area (Å²) in [4.78, 5) is 27.0. The fraction of sp³-hybridized carbons (Fsp3) is 0.148. The Balaban J connectivity index is 1.68. The number of rotatable bonds is 5. The first-order valence-corrected chi connectivity index (χ1v) is 11.0. The summed E-state index contributed by atoms with van der Waals surface area (Å²) in [5.41, 5.74) is 3.87. The number of carbonyl (C=O) groups is 1. The lowest BCUT2D eigenvalue weighted by Crippen LogP contribution is -2.30. The van der Waals surface area contributed by atoms with Crippen molar-refractivity contribution in [3.05, 3.63) is 100.0 Å². The van der Waals surface area contributed by atoms with E-state index in [0.29, 0.717) is 28.9 Å². The zero-order valence-corrected chi connectivity index (χ0v) is 19.2. The first kappa shape index (κ1) is 21.5. The number of para-hydroxylation sites is 1. The quantitative estimate of drug-likeness (QED) is 0.435. The van der Waals surface area contributed by atoms with Gasteiger partial charge < -0.3 is 14.6 Å². The molecule has 0 bridgehead atoms. The number of hydrogen-bond donors (Lipinski definition) is 1. The third kappa shape index (κ3) is 3.61. The fourth-order valence-electron chi connectivity index (χ4n) is 4.21. The average molecular weight is 453 g/mol. The monoisotopic (exact) mass is 452 g/mol. The van der Waals surface area contributed by atoms with E-state index in [0.717, 1.165) is 22.0 Å². The maximum atomic E-state index is 13.6. The smallest absolute Gasteiger partial charge is 0.296 e. The first-order valence-electron chi connectivity index (χ1n) is 11.0.